The number of rotatable bonds is 31. The zero-order valence-electron chi connectivity index (χ0n) is 27.3. The van der Waals surface area contributed by atoms with Crippen LogP contribution in [0, 0.1) is 5.92 Å². The van der Waals surface area contributed by atoms with E-state index in [4.69, 9.17) is 48.4 Å². The summed E-state index contributed by atoms with van der Waals surface area (Å²) in [5, 5.41) is 2.87. The van der Waals surface area contributed by atoms with Crippen molar-refractivity contribution in [3.8, 4) is 0 Å². The minimum absolute atomic E-state index is 0.0552. The Morgan fingerprint density at radius 2 is 1.15 bits per heavy atom. The molecule has 0 spiro atoms. The molecule has 2 atom stereocenters. The minimum atomic E-state index is -0.457. The second kappa shape index (κ2) is 27.8. The van der Waals surface area contributed by atoms with Gasteiger partial charge in [-0.2, -0.15) is 0 Å². The van der Waals surface area contributed by atoms with Crippen LogP contribution < -0.4 is 11.1 Å². The quantitative estimate of drug-likeness (QED) is 0.101. The van der Waals surface area contributed by atoms with Crippen LogP contribution in [-0.4, -0.2) is 161 Å². The summed E-state index contributed by atoms with van der Waals surface area (Å²) in [6, 6.07) is 3.37. The number of carbonyl (C=O) groups is 2. The molecular formula is C31H54N4O11. The van der Waals surface area contributed by atoms with Crippen LogP contribution in [0.25, 0.3) is 0 Å². The SMILES string of the molecule is CN1C(=O)C[C@H](C(=O)NCCOCCOCCOCCOCCOCCOCCOCCOCCOCCN)[C@H]1c1cccnc1. The first-order chi connectivity index (χ1) is 22.6. The van der Waals surface area contributed by atoms with Crippen LogP contribution in [-0.2, 0) is 52.2 Å². The van der Waals surface area contributed by atoms with Crippen molar-refractivity contribution in [3.05, 3.63) is 30.1 Å². The van der Waals surface area contributed by atoms with Gasteiger partial charge >= 0.3 is 0 Å². The molecule has 0 radical (unpaired) electrons. The lowest BCUT2D eigenvalue weighted by molar-refractivity contribution is -0.128. The summed E-state index contributed by atoms with van der Waals surface area (Å²) < 4.78 is 48.9. The van der Waals surface area contributed by atoms with Crippen LogP contribution >= 0.6 is 0 Å². The van der Waals surface area contributed by atoms with Gasteiger partial charge in [-0.05, 0) is 11.6 Å². The Morgan fingerprint density at radius 3 is 1.54 bits per heavy atom. The fourth-order valence-corrected chi connectivity index (χ4v) is 4.43. The summed E-state index contributed by atoms with van der Waals surface area (Å²) in [7, 11) is 1.72. The third-order valence-electron chi connectivity index (χ3n) is 6.73. The molecule has 0 unspecified atom stereocenters. The largest absolute Gasteiger partial charge is 0.378 e. The summed E-state index contributed by atoms with van der Waals surface area (Å²) in [4.78, 5) is 30.7. The smallest absolute Gasteiger partial charge is 0.226 e. The molecule has 1 fully saturated rings. The number of nitrogens with two attached hydrogens (primary N) is 1. The molecule has 264 valence electrons. The zero-order valence-corrected chi connectivity index (χ0v) is 27.3. The molecule has 1 aromatic heterocycles. The number of aromatic nitrogens is 1. The van der Waals surface area contributed by atoms with E-state index in [1.54, 1.807) is 30.4 Å². The number of hydrogen-bond donors (Lipinski definition) is 2. The van der Waals surface area contributed by atoms with Crippen molar-refractivity contribution in [2.24, 2.45) is 11.7 Å². The lowest BCUT2D eigenvalue weighted by Crippen LogP contribution is -2.36. The van der Waals surface area contributed by atoms with E-state index in [9.17, 15) is 9.59 Å². The predicted octanol–water partition coefficient (Wildman–Crippen LogP) is -0.175. The molecule has 46 heavy (non-hydrogen) atoms. The van der Waals surface area contributed by atoms with Crippen molar-refractivity contribution in [2.75, 3.05) is 139 Å². The van der Waals surface area contributed by atoms with Gasteiger partial charge in [0, 0.05) is 39.0 Å². The first-order valence-electron chi connectivity index (χ1n) is 16.0. The minimum Gasteiger partial charge on any atom is -0.378 e. The van der Waals surface area contributed by atoms with Crippen LogP contribution in [0.3, 0.4) is 0 Å². The summed E-state index contributed by atoms with van der Waals surface area (Å²) in [6.45, 7) is 9.57. The third kappa shape index (κ3) is 18.7. The van der Waals surface area contributed by atoms with Gasteiger partial charge in [-0.3, -0.25) is 14.6 Å². The second-order valence-corrected chi connectivity index (χ2v) is 10.1. The van der Waals surface area contributed by atoms with Gasteiger partial charge in [-0.15, -0.1) is 0 Å². The van der Waals surface area contributed by atoms with Crippen LogP contribution in [0.4, 0.5) is 0 Å². The zero-order chi connectivity index (χ0) is 32.9. The molecular weight excluding hydrogens is 604 g/mol. The van der Waals surface area contributed by atoms with Crippen molar-refractivity contribution in [1.29, 1.82) is 0 Å². The average Bonchev–Trinajstić information content (AvgIpc) is 3.37. The normalized spacial score (nSPS) is 16.4. The molecule has 0 aromatic carbocycles. The molecule has 1 aromatic rings. The van der Waals surface area contributed by atoms with E-state index in [0.717, 1.165) is 5.56 Å². The fraction of sp³-hybridized carbons (Fsp3) is 0.774. The van der Waals surface area contributed by atoms with Gasteiger partial charge in [0.25, 0.3) is 0 Å². The molecule has 0 saturated carbocycles. The molecule has 3 N–H and O–H groups in total. The van der Waals surface area contributed by atoms with Crippen LogP contribution in [0.1, 0.15) is 18.0 Å². The number of likely N-dealkylation sites (tertiary alicyclic amines) is 1. The number of hydrogen-bond acceptors (Lipinski definition) is 13. The van der Waals surface area contributed by atoms with Gasteiger partial charge in [0.05, 0.1) is 131 Å². The summed E-state index contributed by atoms with van der Waals surface area (Å²) in [5.74, 6) is -0.676. The van der Waals surface area contributed by atoms with E-state index in [1.165, 1.54) is 0 Å². The number of nitrogens with one attached hydrogen (secondary N) is 1. The van der Waals surface area contributed by atoms with Crippen LogP contribution in [0.15, 0.2) is 24.5 Å². The maximum atomic E-state index is 12.7. The Bertz CT molecular complexity index is 887. The molecule has 1 aliphatic rings. The molecule has 1 aliphatic heterocycles. The fourth-order valence-electron chi connectivity index (χ4n) is 4.43. The van der Waals surface area contributed by atoms with Gasteiger partial charge < -0.3 is 58.6 Å². The van der Waals surface area contributed by atoms with E-state index in [0.29, 0.717) is 132 Å². The second-order valence-electron chi connectivity index (χ2n) is 10.1. The standard InChI is InChI=1S/C31H54N4O11/c1-35-29(36)25-28(30(35)27-3-2-5-33-26-27)31(37)34-6-8-39-10-12-41-14-16-43-18-20-45-22-24-46-23-21-44-19-17-42-15-13-40-11-9-38-7-4-32/h2-3,5,26,28,30H,4,6-25,32H2,1H3,(H,34,37)/t28-,30+/m0/s1. The monoisotopic (exact) mass is 658 g/mol. The van der Waals surface area contributed by atoms with E-state index >= 15 is 0 Å². The van der Waals surface area contributed by atoms with Crippen molar-refractivity contribution in [2.45, 2.75) is 12.5 Å². The number of carbonyl (C=O) groups excluding carboxylic acids is 2. The molecule has 2 heterocycles. The highest BCUT2D eigenvalue weighted by Crippen LogP contribution is 2.36. The highest BCUT2D eigenvalue weighted by Gasteiger charge is 2.42. The summed E-state index contributed by atoms with van der Waals surface area (Å²) in [5.41, 5.74) is 6.18. The van der Waals surface area contributed by atoms with Gasteiger partial charge in [-0.25, -0.2) is 0 Å². The maximum absolute atomic E-state index is 12.7. The molecule has 1 saturated heterocycles. The molecule has 0 bridgehead atoms. The van der Waals surface area contributed by atoms with E-state index in [-0.39, 0.29) is 24.3 Å². The average molecular weight is 659 g/mol. The first kappa shape index (κ1) is 39.9. The number of amides is 2. The maximum Gasteiger partial charge on any atom is 0.226 e. The van der Waals surface area contributed by atoms with Gasteiger partial charge in [0.15, 0.2) is 0 Å². The highest BCUT2D eigenvalue weighted by molar-refractivity contribution is 5.90. The lowest BCUT2D eigenvalue weighted by atomic mass is 9.94. The topological polar surface area (TPSA) is 171 Å². The highest BCUT2D eigenvalue weighted by atomic mass is 16.6. The van der Waals surface area contributed by atoms with Gasteiger partial charge in [0.1, 0.15) is 0 Å². The molecule has 0 aliphatic carbocycles. The van der Waals surface area contributed by atoms with Crippen LogP contribution in [0.2, 0.25) is 0 Å². The Kier molecular flexibility index (Phi) is 24.1. The Balaban J connectivity index is 1.26. The molecule has 2 amide bonds. The van der Waals surface area contributed by atoms with E-state index in [1.807, 2.05) is 6.07 Å². The Labute approximate surface area is 272 Å². The first-order valence-corrected chi connectivity index (χ1v) is 16.0. The third-order valence-corrected chi connectivity index (χ3v) is 6.73. The molecule has 2 rings (SSSR count). The van der Waals surface area contributed by atoms with Crippen LogP contribution in [0.5, 0.6) is 0 Å². The van der Waals surface area contributed by atoms with E-state index < -0.39 is 5.92 Å². The Hall–Kier alpha value is -2.31. The Morgan fingerprint density at radius 1 is 0.739 bits per heavy atom. The number of pyridine rings is 1. The van der Waals surface area contributed by atoms with Gasteiger partial charge in [0.2, 0.25) is 11.8 Å². The molecule has 15 nitrogen and oxygen atoms in total. The van der Waals surface area contributed by atoms with Gasteiger partial charge in [-0.1, -0.05) is 6.07 Å². The molecule has 15 heteroatoms. The van der Waals surface area contributed by atoms with Crippen molar-refractivity contribution >= 4 is 11.8 Å². The predicted molar refractivity (Wildman–Crippen MR) is 167 cm³/mol. The summed E-state index contributed by atoms with van der Waals surface area (Å²) >= 11 is 0. The number of nitrogens with zero attached hydrogens (tertiary/aromatic N) is 2. The number of ether oxygens (including phenoxy) is 9. The van der Waals surface area contributed by atoms with Crippen molar-refractivity contribution < 1.29 is 52.2 Å². The summed E-state index contributed by atoms with van der Waals surface area (Å²) in [6.07, 6.45) is 3.54. The lowest BCUT2D eigenvalue weighted by Gasteiger charge is -2.24. The van der Waals surface area contributed by atoms with E-state index in [2.05, 4.69) is 10.3 Å². The van der Waals surface area contributed by atoms with Crippen molar-refractivity contribution in [1.82, 2.24) is 15.2 Å². The van der Waals surface area contributed by atoms with Crippen molar-refractivity contribution in [3.63, 3.8) is 0 Å².